The lowest BCUT2D eigenvalue weighted by Crippen LogP contribution is -2.59. The van der Waals surface area contributed by atoms with Crippen LogP contribution in [0.25, 0.3) is 0 Å². The number of aldehydes is 1. The first-order chi connectivity index (χ1) is 11.2. The van der Waals surface area contributed by atoms with Gasteiger partial charge >= 0.3 is 0 Å². The van der Waals surface area contributed by atoms with E-state index < -0.39 is 6.04 Å². The van der Waals surface area contributed by atoms with Crippen LogP contribution in [-0.4, -0.2) is 98.0 Å². The molecular weight excluding hydrogens is 300 g/mol. The van der Waals surface area contributed by atoms with E-state index in [0.717, 1.165) is 32.5 Å². The number of piperazine rings is 1. The van der Waals surface area contributed by atoms with Gasteiger partial charge < -0.3 is 19.7 Å². The molecule has 8 heteroatoms. The Morgan fingerprint density at radius 2 is 1.70 bits per heavy atom. The summed E-state index contributed by atoms with van der Waals surface area (Å²) >= 11 is 0. The molecular formula is C15H26N4O4. The number of amides is 2. The number of nitrogens with one attached hydrogen (secondary N) is 1. The third-order valence-corrected chi connectivity index (χ3v) is 4.56. The maximum atomic E-state index is 11.5. The van der Waals surface area contributed by atoms with E-state index in [9.17, 15) is 14.4 Å². The summed E-state index contributed by atoms with van der Waals surface area (Å²) in [7, 11) is 0. The minimum absolute atomic E-state index is 0.0654. The predicted octanol–water partition coefficient (Wildman–Crippen LogP) is -1.49. The first-order valence-electron chi connectivity index (χ1n) is 8.12. The highest BCUT2D eigenvalue weighted by Gasteiger charge is 2.31. The van der Waals surface area contributed by atoms with Gasteiger partial charge in [-0.15, -0.1) is 0 Å². The van der Waals surface area contributed by atoms with Gasteiger partial charge in [0.15, 0.2) is 0 Å². The van der Waals surface area contributed by atoms with Gasteiger partial charge in [-0.05, 0) is 0 Å². The van der Waals surface area contributed by atoms with E-state index in [0.29, 0.717) is 39.1 Å². The number of carbonyl (C=O) groups excluding carboxylic acids is 3. The van der Waals surface area contributed by atoms with E-state index in [1.54, 1.807) is 6.92 Å². The molecule has 2 rings (SSSR count). The normalized spacial score (nSPS) is 23.1. The first-order valence-corrected chi connectivity index (χ1v) is 8.12. The Labute approximate surface area is 136 Å². The SMILES string of the molecule is CC(=O)N1CCN(C(CC(C=O)NC=O)N2CCOCC2)CC1. The van der Waals surface area contributed by atoms with Crippen molar-refractivity contribution in [1.29, 1.82) is 0 Å². The summed E-state index contributed by atoms with van der Waals surface area (Å²) < 4.78 is 5.41. The van der Waals surface area contributed by atoms with Crippen LogP contribution in [0.2, 0.25) is 0 Å². The lowest BCUT2D eigenvalue weighted by molar-refractivity contribution is -0.132. The Morgan fingerprint density at radius 1 is 1.09 bits per heavy atom. The molecule has 2 atom stereocenters. The molecule has 2 saturated heterocycles. The van der Waals surface area contributed by atoms with Crippen LogP contribution in [0, 0.1) is 0 Å². The molecule has 0 aromatic heterocycles. The monoisotopic (exact) mass is 326 g/mol. The van der Waals surface area contributed by atoms with Gasteiger partial charge in [0.25, 0.3) is 0 Å². The maximum Gasteiger partial charge on any atom is 0.219 e. The highest BCUT2D eigenvalue weighted by Crippen LogP contribution is 2.17. The van der Waals surface area contributed by atoms with Crippen LogP contribution in [-0.2, 0) is 19.1 Å². The van der Waals surface area contributed by atoms with Gasteiger partial charge in [0.05, 0.1) is 25.4 Å². The molecule has 2 unspecified atom stereocenters. The van der Waals surface area contributed by atoms with Crippen molar-refractivity contribution < 1.29 is 19.1 Å². The fourth-order valence-corrected chi connectivity index (χ4v) is 3.22. The van der Waals surface area contributed by atoms with Crippen molar-refractivity contribution in [3.8, 4) is 0 Å². The third-order valence-electron chi connectivity index (χ3n) is 4.56. The van der Waals surface area contributed by atoms with E-state index in [1.165, 1.54) is 0 Å². The van der Waals surface area contributed by atoms with Gasteiger partial charge in [0.1, 0.15) is 6.29 Å². The summed E-state index contributed by atoms with van der Waals surface area (Å²) in [6, 6.07) is -0.494. The summed E-state index contributed by atoms with van der Waals surface area (Å²) in [5, 5.41) is 2.57. The number of morpholine rings is 1. The van der Waals surface area contributed by atoms with Crippen LogP contribution in [0.4, 0.5) is 0 Å². The molecule has 0 spiro atoms. The fraction of sp³-hybridized carbons (Fsp3) is 0.800. The number of ether oxygens (including phenoxy) is 1. The van der Waals surface area contributed by atoms with Crippen LogP contribution in [0.5, 0.6) is 0 Å². The zero-order chi connectivity index (χ0) is 16.7. The Bertz CT molecular complexity index is 406. The summed E-state index contributed by atoms with van der Waals surface area (Å²) in [6.45, 7) is 7.50. The van der Waals surface area contributed by atoms with Gasteiger partial charge in [-0.3, -0.25) is 19.4 Å². The van der Waals surface area contributed by atoms with Gasteiger partial charge in [-0.25, -0.2) is 0 Å². The van der Waals surface area contributed by atoms with E-state index in [2.05, 4.69) is 15.1 Å². The average Bonchev–Trinajstić information content (AvgIpc) is 2.59. The highest BCUT2D eigenvalue weighted by atomic mass is 16.5. The molecule has 0 radical (unpaired) electrons. The highest BCUT2D eigenvalue weighted by molar-refractivity contribution is 5.73. The minimum Gasteiger partial charge on any atom is -0.379 e. The van der Waals surface area contributed by atoms with Crippen molar-refractivity contribution in [2.24, 2.45) is 0 Å². The van der Waals surface area contributed by atoms with Crippen LogP contribution in [0.15, 0.2) is 0 Å². The standard InChI is InChI=1S/C15H26N4O4/c1-13(22)17-2-4-18(5-3-17)15(10-14(11-20)16-12-21)19-6-8-23-9-7-19/h11-12,14-15H,2-10H2,1H3,(H,16,21). The molecule has 2 heterocycles. The molecule has 0 aromatic carbocycles. The second kappa shape index (κ2) is 8.95. The molecule has 0 saturated carbocycles. The van der Waals surface area contributed by atoms with E-state index in [-0.39, 0.29) is 12.1 Å². The van der Waals surface area contributed by atoms with Crippen LogP contribution in [0.3, 0.4) is 0 Å². The number of carbonyl (C=O) groups is 3. The number of hydrogen-bond donors (Lipinski definition) is 1. The van der Waals surface area contributed by atoms with Gasteiger partial charge in [-0.1, -0.05) is 0 Å². The quantitative estimate of drug-likeness (QED) is 0.574. The molecule has 2 aliphatic rings. The summed E-state index contributed by atoms with van der Waals surface area (Å²) in [5.41, 5.74) is 0. The summed E-state index contributed by atoms with van der Waals surface area (Å²) in [5.74, 6) is 0.0981. The minimum atomic E-state index is -0.494. The van der Waals surface area contributed by atoms with Crippen molar-refractivity contribution in [3.05, 3.63) is 0 Å². The molecule has 1 N–H and O–H groups in total. The lowest BCUT2D eigenvalue weighted by Gasteiger charge is -2.45. The molecule has 130 valence electrons. The van der Waals surface area contributed by atoms with Crippen molar-refractivity contribution in [2.75, 3.05) is 52.5 Å². The van der Waals surface area contributed by atoms with Crippen molar-refractivity contribution in [2.45, 2.75) is 25.6 Å². The molecule has 8 nitrogen and oxygen atoms in total. The average molecular weight is 326 g/mol. The molecule has 2 amide bonds. The molecule has 0 bridgehead atoms. The van der Waals surface area contributed by atoms with Gasteiger partial charge in [0.2, 0.25) is 12.3 Å². The first kappa shape index (κ1) is 17.8. The largest absolute Gasteiger partial charge is 0.379 e. The second-order valence-corrected chi connectivity index (χ2v) is 5.93. The molecule has 0 aromatic rings. The van der Waals surface area contributed by atoms with Crippen molar-refractivity contribution in [1.82, 2.24) is 20.0 Å². The fourth-order valence-electron chi connectivity index (χ4n) is 3.22. The zero-order valence-corrected chi connectivity index (χ0v) is 13.6. The van der Waals surface area contributed by atoms with Gasteiger partial charge in [-0.2, -0.15) is 0 Å². The van der Waals surface area contributed by atoms with Crippen molar-refractivity contribution in [3.63, 3.8) is 0 Å². The van der Waals surface area contributed by atoms with Gasteiger partial charge in [0, 0.05) is 52.6 Å². The summed E-state index contributed by atoms with van der Waals surface area (Å²) in [4.78, 5) is 39.8. The third kappa shape index (κ3) is 4.98. The second-order valence-electron chi connectivity index (χ2n) is 5.93. The molecule has 23 heavy (non-hydrogen) atoms. The van der Waals surface area contributed by atoms with Crippen molar-refractivity contribution >= 4 is 18.6 Å². The van der Waals surface area contributed by atoms with E-state index in [1.807, 2.05) is 4.90 Å². The Kier molecular flexibility index (Phi) is 6.94. The maximum absolute atomic E-state index is 11.5. The number of nitrogens with zero attached hydrogens (tertiary/aromatic N) is 3. The van der Waals surface area contributed by atoms with Crippen LogP contribution in [0.1, 0.15) is 13.3 Å². The lowest BCUT2D eigenvalue weighted by atomic mass is 10.1. The summed E-state index contributed by atoms with van der Waals surface area (Å²) in [6.07, 6.45) is 1.97. The molecule has 0 aliphatic carbocycles. The number of hydrogen-bond acceptors (Lipinski definition) is 6. The van der Waals surface area contributed by atoms with Crippen LogP contribution >= 0.6 is 0 Å². The van der Waals surface area contributed by atoms with Crippen LogP contribution < -0.4 is 5.32 Å². The molecule has 2 fully saturated rings. The Balaban J connectivity index is 2.02. The Hall–Kier alpha value is -1.51. The van der Waals surface area contributed by atoms with E-state index >= 15 is 0 Å². The zero-order valence-electron chi connectivity index (χ0n) is 13.6. The Morgan fingerprint density at radius 3 is 2.22 bits per heavy atom. The molecule has 2 aliphatic heterocycles. The smallest absolute Gasteiger partial charge is 0.219 e. The topological polar surface area (TPSA) is 82.2 Å². The van der Waals surface area contributed by atoms with E-state index in [4.69, 9.17) is 4.74 Å². The number of rotatable bonds is 7. The predicted molar refractivity (Wildman–Crippen MR) is 83.7 cm³/mol.